The van der Waals surface area contributed by atoms with E-state index in [9.17, 15) is 37.1 Å². The number of carbonyl (C=O) groups is 5. The van der Waals surface area contributed by atoms with Crippen molar-refractivity contribution >= 4 is 64.5 Å². The van der Waals surface area contributed by atoms with Crippen molar-refractivity contribution in [3.05, 3.63) is 112 Å². The fourth-order valence-corrected chi connectivity index (χ4v) is 7.98. The Morgan fingerprint density at radius 1 is 0.651 bits per heavy atom. The van der Waals surface area contributed by atoms with Crippen LogP contribution in [0.25, 0.3) is 0 Å². The molecular formula is C60H79ClF3N15O7. The number of nitrogen functional groups attached to an aromatic ring is 1. The van der Waals surface area contributed by atoms with Gasteiger partial charge in [-0.15, -0.1) is 20.4 Å². The van der Waals surface area contributed by atoms with Crippen molar-refractivity contribution in [2.24, 2.45) is 17.8 Å². The predicted molar refractivity (Wildman–Crippen MR) is 321 cm³/mol. The van der Waals surface area contributed by atoms with Gasteiger partial charge in [-0.2, -0.15) is 23.7 Å². The van der Waals surface area contributed by atoms with Gasteiger partial charge in [0.25, 0.3) is 0 Å². The number of rotatable bonds is 9. The number of hydrogen-bond donors (Lipinski definition) is 5. The van der Waals surface area contributed by atoms with Crippen LogP contribution < -0.4 is 26.6 Å². The first kappa shape index (κ1) is 71.8. The number of hydrogen-bond acceptors (Lipinski definition) is 18. The van der Waals surface area contributed by atoms with E-state index in [0.29, 0.717) is 78.9 Å². The first-order chi connectivity index (χ1) is 40.5. The van der Waals surface area contributed by atoms with Crippen LogP contribution in [0.1, 0.15) is 154 Å². The Labute approximate surface area is 505 Å². The molecule has 0 bridgehead atoms. The lowest BCUT2D eigenvalue weighted by Crippen LogP contribution is -2.42. The first-order valence-corrected chi connectivity index (χ1v) is 28.5. The van der Waals surface area contributed by atoms with E-state index in [2.05, 4.69) is 97.7 Å². The third kappa shape index (κ3) is 27.1. The van der Waals surface area contributed by atoms with Crippen LogP contribution in [-0.4, -0.2) is 126 Å². The minimum atomic E-state index is -4.64. The van der Waals surface area contributed by atoms with Gasteiger partial charge in [0.15, 0.2) is 22.4 Å². The smallest absolute Gasteiger partial charge is 0.449 e. The average Bonchev–Trinajstić information content (AvgIpc) is 3.27. The van der Waals surface area contributed by atoms with Gasteiger partial charge in [0.1, 0.15) is 35.2 Å². The Bertz CT molecular complexity index is 2970. The van der Waals surface area contributed by atoms with Crippen LogP contribution in [0.5, 0.6) is 0 Å². The summed E-state index contributed by atoms with van der Waals surface area (Å²) < 4.78 is 37.7. The molecule has 8 rings (SSSR count). The van der Waals surface area contributed by atoms with Crippen LogP contribution in [0.3, 0.4) is 0 Å². The number of nitrogens with one attached hydrogen (secondary N) is 3. The van der Waals surface area contributed by atoms with Crippen molar-refractivity contribution in [2.45, 2.75) is 137 Å². The van der Waals surface area contributed by atoms with Crippen molar-refractivity contribution < 1.29 is 47.0 Å². The minimum absolute atomic E-state index is 0.0142. The monoisotopic (exact) mass is 1210 g/mol. The molecule has 86 heavy (non-hydrogen) atoms. The SMILES string of the molecule is CC(=O)C(F)(F)F.CC(C)(C)OC(=O)N1CCC(C(=O)O)CC1.CC(C)c1ccc(N)nc1.CC(C)c1ccc(NC(=O)C2CCN(c3ccc(C#N)nn3)CC2)nc1.CC(C)c1ccc(NC(=O)C2CCNCC2)nc1.N#Cc1ccc(Cl)nn1. The van der Waals surface area contributed by atoms with Crippen molar-refractivity contribution in [3.63, 3.8) is 0 Å². The molecule has 5 aromatic rings. The number of carbonyl (C=O) groups excluding carboxylic acids is 4. The second-order valence-corrected chi connectivity index (χ2v) is 22.5. The maximum atomic E-state index is 12.5. The second-order valence-electron chi connectivity index (χ2n) is 22.1. The van der Waals surface area contributed by atoms with Crippen LogP contribution in [0, 0.1) is 40.4 Å². The van der Waals surface area contributed by atoms with Gasteiger partial charge in [-0.3, -0.25) is 19.2 Å². The summed E-state index contributed by atoms with van der Waals surface area (Å²) in [5.41, 5.74) is 9.07. The van der Waals surface area contributed by atoms with Crippen molar-refractivity contribution in [3.8, 4) is 12.1 Å². The molecule has 5 aromatic heterocycles. The highest BCUT2D eigenvalue weighted by Crippen LogP contribution is 2.25. The van der Waals surface area contributed by atoms with E-state index in [0.717, 1.165) is 63.2 Å². The molecular weight excluding hydrogens is 1140 g/mol. The predicted octanol–water partition coefficient (Wildman–Crippen LogP) is 10.5. The third-order valence-corrected chi connectivity index (χ3v) is 13.4. The molecule has 0 saturated carbocycles. The molecule has 8 heterocycles. The van der Waals surface area contributed by atoms with E-state index in [4.69, 9.17) is 37.7 Å². The highest BCUT2D eigenvalue weighted by molar-refractivity contribution is 6.29. The topological polar surface area (TPSA) is 321 Å². The summed E-state index contributed by atoms with van der Waals surface area (Å²) in [6.45, 7) is 22.9. The summed E-state index contributed by atoms with van der Waals surface area (Å²) in [7, 11) is 0. The van der Waals surface area contributed by atoms with E-state index in [1.807, 2.05) is 87.9 Å². The van der Waals surface area contributed by atoms with Gasteiger partial charge in [-0.05, 0) is 149 Å². The zero-order chi connectivity index (χ0) is 64.1. The number of anilines is 4. The molecule has 0 atom stereocenters. The van der Waals surface area contributed by atoms with Crippen LogP contribution in [0.4, 0.5) is 41.2 Å². The van der Waals surface area contributed by atoms with E-state index < -0.39 is 23.5 Å². The van der Waals surface area contributed by atoms with E-state index in [-0.39, 0.29) is 41.4 Å². The fraction of sp³-hybridized carbons (Fsp3) is 0.500. The molecule has 0 radical (unpaired) electrons. The summed E-state index contributed by atoms with van der Waals surface area (Å²) >= 11 is 5.39. The molecule has 0 spiro atoms. The molecule has 3 fully saturated rings. The number of likely N-dealkylation sites (tertiary alicyclic amines) is 1. The van der Waals surface area contributed by atoms with Crippen LogP contribution in [0.2, 0.25) is 5.15 Å². The number of aromatic nitrogens is 7. The number of aliphatic carboxylic acids is 1. The van der Waals surface area contributed by atoms with Crippen LogP contribution in [0.15, 0.2) is 79.3 Å². The third-order valence-electron chi connectivity index (χ3n) is 13.2. The molecule has 0 aliphatic carbocycles. The molecule has 464 valence electrons. The maximum absolute atomic E-state index is 12.5. The number of nitriles is 2. The number of pyridine rings is 3. The van der Waals surface area contributed by atoms with Crippen molar-refractivity contribution in [1.82, 2.24) is 45.6 Å². The number of nitrogens with zero attached hydrogens (tertiary/aromatic N) is 11. The quantitative estimate of drug-likeness (QED) is 0.0915. The summed E-state index contributed by atoms with van der Waals surface area (Å²) in [6, 6.07) is 21.9. The number of nitrogens with two attached hydrogens (primary N) is 1. The van der Waals surface area contributed by atoms with Gasteiger partial charge in [-0.1, -0.05) is 71.3 Å². The zero-order valence-electron chi connectivity index (χ0n) is 50.4. The highest BCUT2D eigenvalue weighted by Gasteiger charge is 2.34. The summed E-state index contributed by atoms with van der Waals surface area (Å²) in [5.74, 6) is 1.35. The Morgan fingerprint density at radius 2 is 1.08 bits per heavy atom. The Hall–Kier alpha value is -8.42. The number of ketones is 1. The number of amides is 3. The lowest BCUT2D eigenvalue weighted by Gasteiger charge is -2.32. The molecule has 22 nitrogen and oxygen atoms in total. The normalized spacial score (nSPS) is 14.5. The van der Waals surface area contributed by atoms with E-state index in [1.165, 1.54) is 23.3 Å². The van der Waals surface area contributed by atoms with Crippen molar-refractivity contribution in [1.29, 1.82) is 10.5 Å². The number of Topliss-reactive ketones (excluding diaryl/α,β-unsaturated/α-hetero) is 1. The molecule has 0 aromatic carbocycles. The molecule has 0 unspecified atom stereocenters. The van der Waals surface area contributed by atoms with Gasteiger partial charge in [0.05, 0.1) is 5.92 Å². The summed E-state index contributed by atoms with van der Waals surface area (Å²) in [6.07, 6.45) is 4.82. The second kappa shape index (κ2) is 35.8. The number of alkyl halides is 3. The fourth-order valence-electron chi connectivity index (χ4n) is 7.88. The molecule has 26 heteroatoms. The lowest BCUT2D eigenvalue weighted by atomic mass is 9.96. The molecule has 6 N–H and O–H groups in total. The van der Waals surface area contributed by atoms with Gasteiger partial charge < -0.3 is 41.3 Å². The lowest BCUT2D eigenvalue weighted by molar-refractivity contribution is -0.168. The number of carboxylic acids is 1. The van der Waals surface area contributed by atoms with Gasteiger partial charge in [-0.25, -0.2) is 19.7 Å². The van der Waals surface area contributed by atoms with Gasteiger partial charge >= 0.3 is 18.2 Å². The van der Waals surface area contributed by atoms with Crippen LogP contribution >= 0.6 is 11.6 Å². The Kier molecular flexibility index (Phi) is 29.9. The van der Waals surface area contributed by atoms with Gasteiger partial charge in [0.2, 0.25) is 17.6 Å². The molecule has 3 saturated heterocycles. The van der Waals surface area contributed by atoms with E-state index >= 15 is 0 Å². The minimum Gasteiger partial charge on any atom is -0.481 e. The standard InChI is InChI=1S/C19H22N6O.C14H21N3O.C11H19NO4.C8H12N2.C5H2ClN3.C3H3F3O/c1-13(2)15-3-5-17(21-12-15)22-19(26)14-7-9-25(10-8-14)18-6-4-16(11-20)23-24-18;1-10(2)12-3-4-13(16-9-12)17-14(18)11-5-7-15-8-6-11;1-11(2,3)16-10(15)12-6-4-8(5-7-12)9(13)14;1-6(2)7-3-4-8(9)10-5-7;6-5-2-1-4(3-7)8-9-5;1-2(7)3(4,5)6/h3-6,12-14H,7-10H2,1-2H3,(H,21,22,26);3-4,9-11,15H,5-8H2,1-2H3,(H,16,17,18);8H,4-7H2,1-3H3,(H,13,14);3-6H,1-2H3,(H2,9,10);1-2H;1H3. The van der Waals surface area contributed by atoms with Crippen LogP contribution in [-0.2, 0) is 23.9 Å². The number of halogens is 4. The molecule has 3 aliphatic rings. The Morgan fingerprint density at radius 3 is 1.43 bits per heavy atom. The number of ether oxygens (including phenoxy) is 1. The first-order valence-electron chi connectivity index (χ1n) is 28.1. The Balaban J connectivity index is 0.000000286. The summed E-state index contributed by atoms with van der Waals surface area (Å²) in [5, 5.41) is 50.0. The van der Waals surface area contributed by atoms with Gasteiger partial charge in [0, 0.05) is 63.5 Å². The number of piperidine rings is 3. The van der Waals surface area contributed by atoms with E-state index in [1.54, 1.807) is 17.0 Å². The molecule has 3 aliphatic heterocycles. The highest BCUT2D eigenvalue weighted by atomic mass is 35.5. The maximum Gasteiger partial charge on any atom is 0.449 e. The largest absolute Gasteiger partial charge is 0.481 e. The average molecular weight is 1210 g/mol. The number of carboxylic acid groups (broad SMARTS) is 1. The zero-order valence-corrected chi connectivity index (χ0v) is 51.1. The molecule has 3 amide bonds. The summed E-state index contributed by atoms with van der Waals surface area (Å²) in [4.78, 5) is 72.5. The van der Waals surface area contributed by atoms with Crippen molar-refractivity contribution in [2.75, 3.05) is 60.5 Å².